The van der Waals surface area contributed by atoms with Crippen LogP contribution in [-0.2, 0) is 13.5 Å². The van der Waals surface area contributed by atoms with Gasteiger partial charge in [-0.3, -0.25) is 10.1 Å². The number of anilines is 1. The van der Waals surface area contributed by atoms with E-state index in [1.807, 2.05) is 22.7 Å². The summed E-state index contributed by atoms with van der Waals surface area (Å²) >= 11 is 0. The van der Waals surface area contributed by atoms with Crippen molar-refractivity contribution < 1.29 is 9.31 Å². The summed E-state index contributed by atoms with van der Waals surface area (Å²) < 4.78 is 15.3. The molecule has 0 spiro atoms. The van der Waals surface area contributed by atoms with E-state index in [1.54, 1.807) is 6.20 Å². The molecule has 3 rings (SSSR count). The topological polar surface area (TPSA) is 64.2 Å². The third-order valence-corrected chi connectivity index (χ3v) is 4.48. The Balaban J connectivity index is 1.67. The van der Waals surface area contributed by atoms with Crippen molar-refractivity contribution in [1.29, 1.82) is 0 Å². The molecular weight excluding hydrogens is 299 g/mol. The van der Waals surface area contributed by atoms with E-state index in [0.29, 0.717) is 11.6 Å². The maximum Gasteiger partial charge on any atom is 0.295 e. The third kappa shape index (κ3) is 3.33. The van der Waals surface area contributed by atoms with E-state index in [9.17, 15) is 14.5 Å². The smallest absolute Gasteiger partial charge is 0.295 e. The predicted octanol–water partition coefficient (Wildman–Crippen LogP) is 2.93. The highest BCUT2D eigenvalue weighted by Crippen LogP contribution is 2.32. The fraction of sp³-hybridized carbons (Fsp3) is 0.438. The molecule has 1 aromatic heterocycles. The lowest BCUT2D eigenvalue weighted by Gasteiger charge is -2.33. The molecular formula is C16H19FN4O2. The molecule has 23 heavy (non-hydrogen) atoms. The molecule has 122 valence electrons. The summed E-state index contributed by atoms with van der Waals surface area (Å²) in [5.74, 6) is 1.01. The summed E-state index contributed by atoms with van der Waals surface area (Å²) in [6, 6.07) is 3.78. The molecule has 2 heterocycles. The first-order valence-electron chi connectivity index (χ1n) is 7.69. The van der Waals surface area contributed by atoms with Gasteiger partial charge in [-0.25, -0.2) is 9.37 Å². The number of rotatable bonds is 4. The van der Waals surface area contributed by atoms with Crippen molar-refractivity contribution >= 4 is 11.4 Å². The van der Waals surface area contributed by atoms with Gasteiger partial charge in [0.15, 0.2) is 0 Å². The second-order valence-corrected chi connectivity index (χ2v) is 5.98. The zero-order valence-corrected chi connectivity index (χ0v) is 13.0. The van der Waals surface area contributed by atoms with Crippen LogP contribution in [-0.4, -0.2) is 27.6 Å². The Morgan fingerprint density at radius 3 is 2.74 bits per heavy atom. The fourth-order valence-electron chi connectivity index (χ4n) is 3.14. The summed E-state index contributed by atoms with van der Waals surface area (Å²) in [5.41, 5.74) is 0.347. The number of hydrogen-bond acceptors (Lipinski definition) is 4. The molecule has 7 heteroatoms. The minimum Gasteiger partial charge on any atom is -0.366 e. The van der Waals surface area contributed by atoms with E-state index in [1.165, 1.54) is 12.1 Å². The van der Waals surface area contributed by atoms with E-state index in [4.69, 9.17) is 0 Å². The summed E-state index contributed by atoms with van der Waals surface area (Å²) in [7, 11) is 1.99. The molecule has 0 radical (unpaired) electrons. The lowest BCUT2D eigenvalue weighted by atomic mass is 9.93. The van der Waals surface area contributed by atoms with Crippen LogP contribution >= 0.6 is 0 Å². The van der Waals surface area contributed by atoms with Gasteiger partial charge < -0.3 is 9.47 Å². The Hall–Kier alpha value is -2.44. The molecule has 0 bridgehead atoms. The maximum atomic E-state index is 13.3. The predicted molar refractivity (Wildman–Crippen MR) is 84.9 cm³/mol. The first-order valence-corrected chi connectivity index (χ1v) is 7.69. The molecule has 0 N–H and O–H groups in total. The standard InChI is InChI=1S/C16H19FN4O2/c1-19-9-6-18-16(19)10-12-4-7-20(8-5-12)14-3-2-13(17)11-15(14)21(22)23/h2-3,6,9,11-12H,4-5,7-8,10H2,1H3. The molecule has 1 aliphatic rings. The largest absolute Gasteiger partial charge is 0.366 e. The number of imidazole rings is 1. The Morgan fingerprint density at radius 1 is 1.39 bits per heavy atom. The highest BCUT2D eigenvalue weighted by molar-refractivity contribution is 5.63. The SMILES string of the molecule is Cn1ccnc1CC1CCN(c2ccc(F)cc2[N+](=O)[O-])CC1. The average Bonchev–Trinajstić information content (AvgIpc) is 2.93. The highest BCUT2D eigenvalue weighted by Gasteiger charge is 2.25. The first kappa shape index (κ1) is 15.5. The van der Waals surface area contributed by atoms with E-state index < -0.39 is 10.7 Å². The van der Waals surface area contributed by atoms with Gasteiger partial charge in [0.1, 0.15) is 17.3 Å². The number of hydrogen-bond donors (Lipinski definition) is 0. The number of halogens is 1. The summed E-state index contributed by atoms with van der Waals surface area (Å²) in [5, 5.41) is 11.1. The van der Waals surface area contributed by atoms with E-state index >= 15 is 0 Å². The Kier molecular flexibility index (Phi) is 4.27. The van der Waals surface area contributed by atoms with Crippen molar-refractivity contribution in [1.82, 2.24) is 9.55 Å². The number of piperidine rings is 1. The van der Waals surface area contributed by atoms with Crippen LogP contribution in [0.5, 0.6) is 0 Å². The van der Waals surface area contributed by atoms with Crippen LogP contribution in [0, 0.1) is 21.8 Å². The number of nitrogens with zero attached hydrogens (tertiary/aromatic N) is 4. The van der Waals surface area contributed by atoms with Crippen LogP contribution in [0.25, 0.3) is 0 Å². The number of aryl methyl sites for hydroxylation is 1. The molecule has 1 aromatic carbocycles. The lowest BCUT2D eigenvalue weighted by molar-refractivity contribution is -0.384. The minimum atomic E-state index is -0.579. The monoisotopic (exact) mass is 318 g/mol. The molecule has 1 aliphatic heterocycles. The van der Waals surface area contributed by atoms with Gasteiger partial charge in [-0.1, -0.05) is 0 Å². The number of aromatic nitrogens is 2. The van der Waals surface area contributed by atoms with Crippen LogP contribution in [0.2, 0.25) is 0 Å². The van der Waals surface area contributed by atoms with Gasteiger partial charge in [-0.15, -0.1) is 0 Å². The molecule has 0 atom stereocenters. The van der Waals surface area contributed by atoms with Gasteiger partial charge in [0.25, 0.3) is 5.69 Å². The van der Waals surface area contributed by atoms with Gasteiger partial charge in [-0.2, -0.15) is 0 Å². The second-order valence-electron chi connectivity index (χ2n) is 5.98. The molecule has 0 amide bonds. The van der Waals surface area contributed by atoms with Crippen molar-refractivity contribution in [2.75, 3.05) is 18.0 Å². The number of nitro benzene ring substituents is 1. The summed E-state index contributed by atoms with van der Waals surface area (Å²) in [6.07, 6.45) is 6.55. The first-order chi connectivity index (χ1) is 11.0. The van der Waals surface area contributed by atoms with Crippen LogP contribution in [0.1, 0.15) is 18.7 Å². The Morgan fingerprint density at radius 2 is 2.13 bits per heavy atom. The van der Waals surface area contributed by atoms with Gasteiger partial charge in [0.05, 0.1) is 11.0 Å². The van der Waals surface area contributed by atoms with Gasteiger partial charge in [-0.05, 0) is 30.9 Å². The van der Waals surface area contributed by atoms with Crippen LogP contribution < -0.4 is 4.90 Å². The number of nitro groups is 1. The number of benzene rings is 1. The van der Waals surface area contributed by atoms with Crippen LogP contribution in [0.3, 0.4) is 0 Å². The van der Waals surface area contributed by atoms with Crippen molar-refractivity contribution in [3.63, 3.8) is 0 Å². The zero-order chi connectivity index (χ0) is 16.4. The van der Waals surface area contributed by atoms with Crippen molar-refractivity contribution in [3.8, 4) is 0 Å². The molecule has 0 unspecified atom stereocenters. The fourth-order valence-corrected chi connectivity index (χ4v) is 3.14. The normalized spacial score (nSPS) is 15.8. The van der Waals surface area contributed by atoms with Crippen LogP contribution in [0.15, 0.2) is 30.6 Å². The quantitative estimate of drug-likeness (QED) is 0.642. The van der Waals surface area contributed by atoms with E-state index in [0.717, 1.165) is 44.2 Å². The van der Waals surface area contributed by atoms with Gasteiger partial charge in [0.2, 0.25) is 0 Å². The highest BCUT2D eigenvalue weighted by atomic mass is 19.1. The third-order valence-electron chi connectivity index (χ3n) is 4.48. The van der Waals surface area contributed by atoms with Gasteiger partial charge >= 0.3 is 0 Å². The van der Waals surface area contributed by atoms with Crippen molar-refractivity contribution in [3.05, 3.63) is 52.3 Å². The lowest BCUT2D eigenvalue weighted by Crippen LogP contribution is -2.35. The van der Waals surface area contributed by atoms with Crippen molar-refractivity contribution in [2.24, 2.45) is 13.0 Å². The summed E-state index contributed by atoms with van der Waals surface area (Å²) in [6.45, 7) is 1.48. The molecule has 6 nitrogen and oxygen atoms in total. The van der Waals surface area contributed by atoms with Gasteiger partial charge in [0, 0.05) is 39.0 Å². The maximum absolute atomic E-state index is 13.3. The molecule has 0 saturated carbocycles. The molecule has 0 aliphatic carbocycles. The minimum absolute atomic E-state index is 0.160. The molecule has 1 fully saturated rings. The average molecular weight is 318 g/mol. The Bertz CT molecular complexity index is 708. The van der Waals surface area contributed by atoms with E-state index in [2.05, 4.69) is 4.98 Å². The summed E-state index contributed by atoms with van der Waals surface area (Å²) in [4.78, 5) is 16.9. The zero-order valence-electron chi connectivity index (χ0n) is 13.0. The Labute approximate surface area is 133 Å². The van der Waals surface area contributed by atoms with Crippen molar-refractivity contribution in [2.45, 2.75) is 19.3 Å². The van der Waals surface area contributed by atoms with E-state index in [-0.39, 0.29) is 5.69 Å². The molecule has 1 saturated heterocycles. The second kappa shape index (κ2) is 6.36. The molecule has 2 aromatic rings. The van der Waals surface area contributed by atoms with Crippen LogP contribution in [0.4, 0.5) is 15.8 Å².